The van der Waals surface area contributed by atoms with E-state index in [1.807, 2.05) is 24.3 Å². The molecule has 1 aromatic heterocycles. The zero-order chi connectivity index (χ0) is 16.2. The fraction of sp³-hybridized carbons (Fsp3) is 0.294. The van der Waals surface area contributed by atoms with Gasteiger partial charge in [-0.05, 0) is 37.1 Å². The lowest BCUT2D eigenvalue weighted by Crippen LogP contribution is -2.13. The summed E-state index contributed by atoms with van der Waals surface area (Å²) in [4.78, 5) is 16.0. The molecule has 2 N–H and O–H groups in total. The van der Waals surface area contributed by atoms with Crippen LogP contribution in [0.25, 0.3) is 0 Å². The summed E-state index contributed by atoms with van der Waals surface area (Å²) in [5.74, 6) is 2.32. The molecule has 0 bridgehead atoms. The summed E-state index contributed by atoms with van der Waals surface area (Å²) in [7, 11) is 3.22. The lowest BCUT2D eigenvalue weighted by atomic mass is 10.2. The zero-order valence-electron chi connectivity index (χ0n) is 13.1. The van der Waals surface area contributed by atoms with Crippen LogP contribution in [0.5, 0.6) is 11.5 Å². The molecule has 1 aliphatic rings. The number of hydrogen-bond donors (Lipinski definition) is 2. The molecule has 6 heteroatoms. The van der Waals surface area contributed by atoms with Crippen molar-refractivity contribution in [3.63, 3.8) is 0 Å². The van der Waals surface area contributed by atoms with Crippen LogP contribution in [0.15, 0.2) is 36.5 Å². The Hall–Kier alpha value is -2.76. The molecule has 0 spiro atoms. The Bertz CT molecular complexity index is 697. The number of aromatic nitrogens is 1. The minimum Gasteiger partial charge on any atom is -0.497 e. The van der Waals surface area contributed by atoms with Crippen molar-refractivity contribution < 1.29 is 14.3 Å². The first-order valence-electron chi connectivity index (χ1n) is 7.45. The van der Waals surface area contributed by atoms with Crippen LogP contribution in [0.2, 0.25) is 0 Å². The van der Waals surface area contributed by atoms with E-state index in [1.165, 1.54) is 0 Å². The van der Waals surface area contributed by atoms with E-state index in [2.05, 4.69) is 15.6 Å². The second-order valence-corrected chi connectivity index (χ2v) is 5.39. The molecule has 1 saturated carbocycles. The molecule has 1 heterocycles. The molecule has 23 heavy (non-hydrogen) atoms. The minimum atomic E-state index is 0.0713. The molecule has 1 fully saturated rings. The van der Waals surface area contributed by atoms with E-state index in [9.17, 15) is 4.79 Å². The first-order chi connectivity index (χ1) is 11.2. The van der Waals surface area contributed by atoms with Gasteiger partial charge in [0.05, 0.1) is 31.8 Å². The van der Waals surface area contributed by atoms with Gasteiger partial charge in [0, 0.05) is 12.0 Å². The third-order valence-electron chi connectivity index (χ3n) is 3.65. The highest BCUT2D eigenvalue weighted by molar-refractivity contribution is 5.93. The van der Waals surface area contributed by atoms with Gasteiger partial charge in [0.25, 0.3) is 0 Å². The van der Waals surface area contributed by atoms with Gasteiger partial charge in [0.1, 0.15) is 17.3 Å². The van der Waals surface area contributed by atoms with Crippen LogP contribution in [-0.2, 0) is 4.79 Å². The molecule has 2 aromatic rings. The zero-order valence-corrected chi connectivity index (χ0v) is 13.1. The van der Waals surface area contributed by atoms with Gasteiger partial charge < -0.3 is 20.1 Å². The number of carbonyl (C=O) groups excluding carboxylic acids is 1. The summed E-state index contributed by atoms with van der Waals surface area (Å²) in [5.41, 5.74) is 1.46. The van der Waals surface area contributed by atoms with Gasteiger partial charge in [-0.1, -0.05) is 0 Å². The van der Waals surface area contributed by atoms with Crippen LogP contribution in [-0.4, -0.2) is 25.1 Å². The first kappa shape index (κ1) is 15.1. The number of methoxy groups -OCH3 is 2. The molecule has 3 rings (SSSR count). The topological polar surface area (TPSA) is 72.5 Å². The predicted octanol–water partition coefficient (Wildman–Crippen LogP) is 3.19. The number of anilines is 3. The summed E-state index contributed by atoms with van der Waals surface area (Å²) in [6.45, 7) is 0. The van der Waals surface area contributed by atoms with Crippen molar-refractivity contribution in [1.82, 2.24) is 4.98 Å². The molecule has 0 unspecified atom stereocenters. The lowest BCUT2D eigenvalue weighted by Gasteiger charge is -2.12. The highest BCUT2D eigenvalue weighted by Crippen LogP contribution is 2.32. The molecule has 6 nitrogen and oxygen atoms in total. The maximum absolute atomic E-state index is 11.7. The largest absolute Gasteiger partial charge is 0.497 e. The molecule has 120 valence electrons. The molecular weight excluding hydrogens is 294 g/mol. The van der Waals surface area contributed by atoms with Gasteiger partial charge in [-0.15, -0.1) is 0 Å². The standard InChI is InChI=1S/C17H19N3O3/c1-22-13-6-7-15(23-2)14(9-13)20-16-8-5-12(10-18-16)19-17(21)11-3-4-11/h5-11H,3-4H2,1-2H3,(H,18,20)(H,19,21). The highest BCUT2D eigenvalue weighted by Gasteiger charge is 2.29. The Kier molecular flexibility index (Phi) is 4.32. The minimum absolute atomic E-state index is 0.0713. The number of nitrogens with zero attached hydrogens (tertiary/aromatic N) is 1. The molecule has 1 amide bonds. The number of amides is 1. The van der Waals surface area contributed by atoms with E-state index in [-0.39, 0.29) is 11.8 Å². The number of rotatable bonds is 6. The Morgan fingerprint density at radius 3 is 2.61 bits per heavy atom. The molecule has 1 aliphatic carbocycles. The smallest absolute Gasteiger partial charge is 0.227 e. The highest BCUT2D eigenvalue weighted by atomic mass is 16.5. The summed E-state index contributed by atoms with van der Waals surface area (Å²) in [5, 5.41) is 6.05. The van der Waals surface area contributed by atoms with Crippen LogP contribution >= 0.6 is 0 Å². The van der Waals surface area contributed by atoms with Crippen LogP contribution in [0.1, 0.15) is 12.8 Å². The number of carbonyl (C=O) groups is 1. The number of ether oxygens (including phenoxy) is 2. The SMILES string of the molecule is COc1ccc(OC)c(Nc2ccc(NC(=O)C3CC3)cn2)c1. The van der Waals surface area contributed by atoms with E-state index in [4.69, 9.17) is 9.47 Å². The lowest BCUT2D eigenvalue weighted by molar-refractivity contribution is -0.117. The predicted molar refractivity (Wildman–Crippen MR) is 88.4 cm³/mol. The fourth-order valence-electron chi connectivity index (χ4n) is 2.18. The fourth-order valence-corrected chi connectivity index (χ4v) is 2.18. The monoisotopic (exact) mass is 313 g/mol. The Morgan fingerprint density at radius 1 is 1.17 bits per heavy atom. The van der Waals surface area contributed by atoms with Crippen molar-refractivity contribution in [1.29, 1.82) is 0 Å². The van der Waals surface area contributed by atoms with E-state index in [0.29, 0.717) is 17.3 Å². The van der Waals surface area contributed by atoms with Gasteiger partial charge in [-0.25, -0.2) is 4.98 Å². The van der Waals surface area contributed by atoms with Crippen LogP contribution < -0.4 is 20.1 Å². The third-order valence-corrected chi connectivity index (χ3v) is 3.65. The van der Waals surface area contributed by atoms with Crippen molar-refractivity contribution in [2.24, 2.45) is 5.92 Å². The Balaban J connectivity index is 1.71. The van der Waals surface area contributed by atoms with Gasteiger partial charge in [-0.2, -0.15) is 0 Å². The maximum atomic E-state index is 11.7. The van der Waals surface area contributed by atoms with Gasteiger partial charge in [0.15, 0.2) is 0 Å². The molecule has 0 aliphatic heterocycles. The van der Waals surface area contributed by atoms with Crippen LogP contribution in [0.3, 0.4) is 0 Å². The average Bonchev–Trinajstić information content (AvgIpc) is 3.41. The quantitative estimate of drug-likeness (QED) is 0.857. The summed E-state index contributed by atoms with van der Waals surface area (Å²) in [6, 6.07) is 9.12. The van der Waals surface area contributed by atoms with Crippen molar-refractivity contribution in [2.45, 2.75) is 12.8 Å². The van der Waals surface area contributed by atoms with Crippen LogP contribution in [0.4, 0.5) is 17.2 Å². The van der Waals surface area contributed by atoms with Crippen molar-refractivity contribution >= 4 is 23.1 Å². The van der Waals surface area contributed by atoms with Crippen molar-refractivity contribution in [2.75, 3.05) is 24.9 Å². The van der Waals surface area contributed by atoms with E-state index in [1.54, 1.807) is 26.5 Å². The number of nitrogens with one attached hydrogen (secondary N) is 2. The second-order valence-electron chi connectivity index (χ2n) is 5.39. The van der Waals surface area contributed by atoms with Gasteiger partial charge in [0.2, 0.25) is 5.91 Å². The number of benzene rings is 1. The molecule has 0 atom stereocenters. The molecule has 0 radical (unpaired) electrons. The van der Waals surface area contributed by atoms with Crippen molar-refractivity contribution in [3.8, 4) is 11.5 Å². The number of pyridine rings is 1. The normalized spacial score (nSPS) is 13.3. The van der Waals surface area contributed by atoms with E-state index >= 15 is 0 Å². The number of hydrogen-bond acceptors (Lipinski definition) is 5. The Morgan fingerprint density at radius 2 is 2.00 bits per heavy atom. The maximum Gasteiger partial charge on any atom is 0.227 e. The third kappa shape index (κ3) is 3.71. The average molecular weight is 313 g/mol. The Labute approximate surface area is 134 Å². The summed E-state index contributed by atoms with van der Waals surface area (Å²) >= 11 is 0. The summed E-state index contributed by atoms with van der Waals surface area (Å²) in [6.07, 6.45) is 3.60. The van der Waals surface area contributed by atoms with Gasteiger partial charge >= 0.3 is 0 Å². The van der Waals surface area contributed by atoms with Crippen molar-refractivity contribution in [3.05, 3.63) is 36.5 Å². The van der Waals surface area contributed by atoms with E-state index in [0.717, 1.165) is 24.3 Å². The van der Waals surface area contributed by atoms with Crippen LogP contribution in [0, 0.1) is 5.92 Å². The first-order valence-corrected chi connectivity index (χ1v) is 7.45. The van der Waals surface area contributed by atoms with E-state index < -0.39 is 0 Å². The molecule has 1 aromatic carbocycles. The molecule has 0 saturated heterocycles. The summed E-state index contributed by atoms with van der Waals surface area (Å²) < 4.78 is 10.5. The second kappa shape index (κ2) is 6.56. The van der Waals surface area contributed by atoms with Gasteiger partial charge in [-0.3, -0.25) is 4.79 Å². The molecular formula is C17H19N3O3.